The fourth-order valence-electron chi connectivity index (χ4n) is 3.90. The van der Waals surface area contributed by atoms with Crippen molar-refractivity contribution in [3.8, 4) is 0 Å². The molecule has 31 heavy (non-hydrogen) atoms. The van der Waals surface area contributed by atoms with E-state index in [2.05, 4.69) is 16.2 Å². The predicted molar refractivity (Wildman–Crippen MR) is 130 cm³/mol. The van der Waals surface area contributed by atoms with Crippen LogP contribution in [0.25, 0.3) is 10.9 Å². The summed E-state index contributed by atoms with van der Waals surface area (Å²) in [6.45, 7) is 1.77. The molecule has 5 rings (SSSR count). The maximum atomic E-state index is 13.0. The molecule has 2 aliphatic heterocycles. The second-order valence-corrected chi connectivity index (χ2v) is 12.1. The number of thiophene rings is 1. The Labute approximate surface area is 189 Å². The number of aromatic amines is 1. The summed E-state index contributed by atoms with van der Waals surface area (Å²) in [5.74, 6) is 0. The van der Waals surface area contributed by atoms with Crippen LogP contribution in [-0.2, 0) is 10.0 Å². The van der Waals surface area contributed by atoms with E-state index in [4.69, 9.17) is 4.99 Å². The number of sulfonamides is 1. The Balaban J connectivity index is 1.40. The third-order valence-electron chi connectivity index (χ3n) is 5.53. The third-order valence-corrected chi connectivity index (χ3v) is 9.90. The van der Waals surface area contributed by atoms with Crippen LogP contribution in [0.15, 0.2) is 56.1 Å². The number of aromatic nitrogens is 1. The van der Waals surface area contributed by atoms with Crippen molar-refractivity contribution in [2.45, 2.75) is 22.3 Å². The summed E-state index contributed by atoms with van der Waals surface area (Å²) in [5, 5.41) is 10.7. The quantitative estimate of drug-likeness (QED) is 0.587. The highest BCUT2D eigenvalue weighted by atomic mass is 32.2. The van der Waals surface area contributed by atoms with Gasteiger partial charge in [-0.2, -0.15) is 5.10 Å². The Bertz CT molecular complexity index is 1280. The zero-order valence-electron chi connectivity index (χ0n) is 17.3. The Morgan fingerprint density at radius 1 is 1.29 bits per heavy atom. The molecule has 0 fully saturated rings. The Hall–Kier alpha value is -2.30. The zero-order chi connectivity index (χ0) is 21.6. The maximum Gasteiger partial charge on any atom is 0.273 e. The van der Waals surface area contributed by atoms with Gasteiger partial charge >= 0.3 is 0 Å². The lowest BCUT2D eigenvalue weighted by atomic mass is 10.1. The SMILES string of the molecule is CN1CCC(CC2CN=C(c3cc4cccc(N(C)S(=O)(=O)c5cccs5)c4[nH]3)S2)=N1. The van der Waals surface area contributed by atoms with E-state index < -0.39 is 10.0 Å². The lowest BCUT2D eigenvalue weighted by molar-refractivity contribution is 0.393. The van der Waals surface area contributed by atoms with E-state index in [0.717, 1.165) is 47.6 Å². The zero-order valence-corrected chi connectivity index (χ0v) is 19.7. The van der Waals surface area contributed by atoms with Gasteiger partial charge in [0.15, 0.2) is 0 Å². The number of rotatable bonds is 6. The molecular weight excluding hydrogens is 450 g/mol. The number of para-hydroxylation sites is 1. The van der Waals surface area contributed by atoms with E-state index in [-0.39, 0.29) is 0 Å². The number of thioether (sulfide) groups is 1. The Kier molecular flexibility index (Phi) is 5.31. The molecule has 10 heteroatoms. The maximum absolute atomic E-state index is 13.0. The number of H-pyrrole nitrogens is 1. The molecule has 0 bridgehead atoms. The Morgan fingerprint density at radius 3 is 2.90 bits per heavy atom. The van der Waals surface area contributed by atoms with Crippen LogP contribution in [0, 0.1) is 0 Å². The third kappa shape index (κ3) is 3.88. The average molecular weight is 474 g/mol. The summed E-state index contributed by atoms with van der Waals surface area (Å²) >= 11 is 3.00. The van der Waals surface area contributed by atoms with Gasteiger partial charge in [0, 0.05) is 49.8 Å². The number of nitrogens with zero attached hydrogens (tertiary/aromatic N) is 4. The Morgan fingerprint density at radius 2 is 2.16 bits per heavy atom. The second kappa shape index (κ2) is 7.99. The van der Waals surface area contributed by atoms with Gasteiger partial charge in [-0.3, -0.25) is 14.3 Å². The molecule has 0 amide bonds. The highest BCUT2D eigenvalue weighted by molar-refractivity contribution is 8.15. The van der Waals surface area contributed by atoms with Crippen molar-refractivity contribution in [3.05, 3.63) is 47.5 Å². The van der Waals surface area contributed by atoms with Gasteiger partial charge in [-0.25, -0.2) is 8.42 Å². The number of hydrogen-bond acceptors (Lipinski definition) is 7. The van der Waals surface area contributed by atoms with Crippen LogP contribution in [0.4, 0.5) is 5.69 Å². The predicted octanol–water partition coefficient (Wildman–Crippen LogP) is 4.00. The molecule has 1 aromatic carbocycles. The first-order chi connectivity index (χ1) is 14.9. The van der Waals surface area contributed by atoms with Crippen molar-refractivity contribution in [2.24, 2.45) is 10.1 Å². The number of fused-ring (bicyclic) bond motifs is 1. The van der Waals surface area contributed by atoms with Crippen molar-refractivity contribution in [1.29, 1.82) is 0 Å². The molecule has 0 saturated heterocycles. The van der Waals surface area contributed by atoms with Crippen LogP contribution in [0.3, 0.4) is 0 Å². The van der Waals surface area contributed by atoms with Gasteiger partial charge < -0.3 is 4.98 Å². The second-order valence-electron chi connectivity index (χ2n) is 7.72. The van der Waals surface area contributed by atoms with E-state index in [1.54, 1.807) is 36.3 Å². The summed E-state index contributed by atoms with van der Waals surface area (Å²) in [7, 11) is 0.00974. The first-order valence-electron chi connectivity index (χ1n) is 10.0. The van der Waals surface area contributed by atoms with Gasteiger partial charge in [0.1, 0.15) is 9.25 Å². The number of hydrogen-bond donors (Lipinski definition) is 1. The smallest absolute Gasteiger partial charge is 0.273 e. The standard InChI is InChI=1S/C21H23N5O2S3/c1-25-9-8-15(24-25)12-16-13-22-21(30-16)17-11-14-5-3-6-18(20(14)23-17)26(2)31(27,28)19-7-4-10-29-19/h3-7,10-11,16,23H,8-9,12-13H2,1-2H3. The monoisotopic (exact) mass is 473 g/mol. The first kappa shape index (κ1) is 20.6. The normalized spacial score (nSPS) is 19.2. The molecule has 1 N–H and O–H groups in total. The van der Waals surface area contributed by atoms with Crippen LogP contribution in [-0.4, -0.2) is 61.6 Å². The van der Waals surface area contributed by atoms with E-state index in [0.29, 0.717) is 15.1 Å². The van der Waals surface area contributed by atoms with Gasteiger partial charge in [0.25, 0.3) is 10.0 Å². The van der Waals surface area contributed by atoms with Gasteiger partial charge in [0.05, 0.1) is 23.4 Å². The van der Waals surface area contributed by atoms with Crippen molar-refractivity contribution in [1.82, 2.24) is 9.99 Å². The lowest BCUT2D eigenvalue weighted by Crippen LogP contribution is -2.26. The van der Waals surface area contributed by atoms with Crippen molar-refractivity contribution in [2.75, 3.05) is 31.5 Å². The molecule has 1 unspecified atom stereocenters. The van der Waals surface area contributed by atoms with Gasteiger partial charge in [-0.05, 0) is 23.6 Å². The van der Waals surface area contributed by atoms with Gasteiger partial charge in [0.2, 0.25) is 0 Å². The summed E-state index contributed by atoms with van der Waals surface area (Å²) in [6.07, 6.45) is 1.99. The molecule has 162 valence electrons. The molecule has 0 aliphatic carbocycles. The summed E-state index contributed by atoms with van der Waals surface area (Å²) in [6, 6.07) is 11.1. The fraction of sp³-hybridized carbons (Fsp3) is 0.333. The fourth-order valence-corrected chi connectivity index (χ4v) is 7.40. The summed E-state index contributed by atoms with van der Waals surface area (Å²) < 4.78 is 27.7. The highest BCUT2D eigenvalue weighted by Gasteiger charge is 2.27. The van der Waals surface area contributed by atoms with Crippen LogP contribution < -0.4 is 4.31 Å². The van der Waals surface area contributed by atoms with Gasteiger partial charge in [-0.15, -0.1) is 11.3 Å². The number of nitrogens with one attached hydrogen (secondary N) is 1. The van der Waals surface area contributed by atoms with Crippen LogP contribution in [0.5, 0.6) is 0 Å². The molecule has 3 aromatic rings. The summed E-state index contributed by atoms with van der Waals surface area (Å²) in [4.78, 5) is 8.19. The van der Waals surface area contributed by atoms with Crippen LogP contribution >= 0.6 is 23.1 Å². The van der Waals surface area contributed by atoms with E-state index in [9.17, 15) is 8.42 Å². The van der Waals surface area contributed by atoms with E-state index in [1.165, 1.54) is 21.4 Å². The van der Waals surface area contributed by atoms with Crippen molar-refractivity contribution in [3.63, 3.8) is 0 Å². The van der Waals surface area contributed by atoms with Crippen LogP contribution in [0.2, 0.25) is 0 Å². The molecule has 7 nitrogen and oxygen atoms in total. The molecule has 1 atom stereocenters. The minimum absolute atomic E-state index is 0.331. The number of anilines is 1. The first-order valence-corrected chi connectivity index (χ1v) is 13.2. The number of aliphatic imine (C=N–C) groups is 1. The van der Waals surface area contributed by atoms with E-state index >= 15 is 0 Å². The lowest BCUT2D eigenvalue weighted by Gasteiger charge is -2.19. The molecule has 0 spiro atoms. The highest BCUT2D eigenvalue weighted by Crippen LogP contribution is 2.34. The molecule has 0 saturated carbocycles. The van der Waals surface area contributed by atoms with Crippen LogP contribution in [0.1, 0.15) is 18.5 Å². The van der Waals surface area contributed by atoms with E-state index in [1.807, 2.05) is 30.3 Å². The number of benzene rings is 1. The number of hydrazone groups is 1. The minimum Gasteiger partial charge on any atom is -0.351 e. The minimum atomic E-state index is -3.60. The van der Waals surface area contributed by atoms with Gasteiger partial charge in [-0.1, -0.05) is 30.0 Å². The molecular formula is C21H23N5O2S3. The molecule has 2 aliphatic rings. The molecule has 0 radical (unpaired) electrons. The largest absolute Gasteiger partial charge is 0.351 e. The van der Waals surface area contributed by atoms with Crippen molar-refractivity contribution >= 4 is 60.5 Å². The molecule has 4 heterocycles. The van der Waals surface area contributed by atoms with Crippen molar-refractivity contribution < 1.29 is 8.42 Å². The molecule has 2 aromatic heterocycles. The average Bonchev–Trinajstić information content (AvgIpc) is 3.53. The topological polar surface area (TPSA) is 81.1 Å². The summed E-state index contributed by atoms with van der Waals surface area (Å²) in [5.41, 5.74) is 3.60.